The normalized spacial score (nSPS) is 27.9. The van der Waals surface area contributed by atoms with Crippen LogP contribution in [0.25, 0.3) is 0 Å². The number of aliphatic carboxylic acids is 1. The van der Waals surface area contributed by atoms with E-state index in [1.807, 2.05) is 0 Å². The molecule has 2 aliphatic heterocycles. The summed E-state index contributed by atoms with van der Waals surface area (Å²) in [6.45, 7) is 6.17. The molecule has 2 fully saturated rings. The van der Waals surface area contributed by atoms with Gasteiger partial charge in [-0.25, -0.2) is 9.59 Å². The first-order valence-electron chi connectivity index (χ1n) is 7.21. The molecule has 0 aliphatic carbocycles. The van der Waals surface area contributed by atoms with Crippen molar-refractivity contribution >= 4 is 12.0 Å². The SMILES string of the molecule is CCCN1CCN(C(=O)N2CC(O)C[C@H]2C(=O)O)CC1. The summed E-state index contributed by atoms with van der Waals surface area (Å²) < 4.78 is 0. The Kier molecular flexibility index (Phi) is 4.82. The van der Waals surface area contributed by atoms with Crippen LogP contribution in [0.15, 0.2) is 0 Å². The highest BCUT2D eigenvalue weighted by molar-refractivity contribution is 5.83. The van der Waals surface area contributed by atoms with E-state index in [-0.39, 0.29) is 19.0 Å². The highest BCUT2D eigenvalue weighted by Crippen LogP contribution is 2.20. The molecule has 2 heterocycles. The van der Waals surface area contributed by atoms with Crippen LogP contribution in [0.3, 0.4) is 0 Å². The number of aliphatic hydroxyl groups excluding tert-OH is 1. The van der Waals surface area contributed by atoms with Crippen molar-refractivity contribution in [3.63, 3.8) is 0 Å². The van der Waals surface area contributed by atoms with Crippen molar-refractivity contribution in [3.05, 3.63) is 0 Å². The van der Waals surface area contributed by atoms with Crippen molar-refractivity contribution in [1.82, 2.24) is 14.7 Å². The van der Waals surface area contributed by atoms with E-state index in [4.69, 9.17) is 5.11 Å². The Bertz CT molecular complexity index is 369. The van der Waals surface area contributed by atoms with E-state index in [1.54, 1.807) is 4.90 Å². The van der Waals surface area contributed by atoms with Gasteiger partial charge in [-0.15, -0.1) is 0 Å². The number of carboxylic acids is 1. The molecule has 0 aromatic carbocycles. The van der Waals surface area contributed by atoms with E-state index in [1.165, 1.54) is 4.90 Å². The van der Waals surface area contributed by atoms with Gasteiger partial charge in [0.2, 0.25) is 0 Å². The number of hydrogen-bond acceptors (Lipinski definition) is 4. The van der Waals surface area contributed by atoms with Crippen LogP contribution in [-0.4, -0.2) is 88.3 Å². The van der Waals surface area contributed by atoms with Gasteiger partial charge in [-0.3, -0.25) is 4.90 Å². The van der Waals surface area contributed by atoms with Gasteiger partial charge in [0.05, 0.1) is 6.10 Å². The number of piperazine rings is 1. The summed E-state index contributed by atoms with van der Waals surface area (Å²) >= 11 is 0. The second-order valence-electron chi connectivity index (χ2n) is 5.51. The van der Waals surface area contributed by atoms with E-state index in [9.17, 15) is 14.7 Å². The number of hydrogen-bond donors (Lipinski definition) is 2. The minimum absolute atomic E-state index is 0.116. The summed E-state index contributed by atoms with van der Waals surface area (Å²) in [5.74, 6) is -1.04. The van der Waals surface area contributed by atoms with Crippen LogP contribution in [0.5, 0.6) is 0 Å². The molecule has 2 N–H and O–H groups in total. The zero-order chi connectivity index (χ0) is 14.7. The number of carbonyl (C=O) groups excluding carboxylic acids is 1. The predicted molar refractivity (Wildman–Crippen MR) is 72.5 cm³/mol. The Hall–Kier alpha value is -1.34. The van der Waals surface area contributed by atoms with Gasteiger partial charge in [0, 0.05) is 39.1 Å². The first-order chi connectivity index (χ1) is 9.52. The van der Waals surface area contributed by atoms with E-state index < -0.39 is 18.1 Å². The molecule has 0 aromatic heterocycles. The number of likely N-dealkylation sites (tertiary alicyclic amines) is 1. The predicted octanol–water partition coefficient (Wildman–Crippen LogP) is -0.346. The molecular formula is C13H23N3O4. The maximum absolute atomic E-state index is 12.4. The van der Waals surface area contributed by atoms with Gasteiger partial charge < -0.3 is 20.0 Å². The van der Waals surface area contributed by atoms with Crippen LogP contribution in [-0.2, 0) is 4.79 Å². The summed E-state index contributed by atoms with van der Waals surface area (Å²) in [6, 6.07) is -1.16. The lowest BCUT2D eigenvalue weighted by Gasteiger charge is -2.37. The third-order valence-corrected chi connectivity index (χ3v) is 3.99. The fourth-order valence-electron chi connectivity index (χ4n) is 2.92. The number of carboxylic acid groups (broad SMARTS) is 1. The number of rotatable bonds is 3. The van der Waals surface area contributed by atoms with Crippen LogP contribution in [0.1, 0.15) is 19.8 Å². The quantitative estimate of drug-likeness (QED) is 0.741. The molecule has 2 atom stereocenters. The smallest absolute Gasteiger partial charge is 0.326 e. The Labute approximate surface area is 118 Å². The summed E-state index contributed by atoms with van der Waals surface area (Å²) in [5, 5.41) is 18.7. The Morgan fingerprint density at radius 1 is 1.20 bits per heavy atom. The molecule has 0 spiro atoms. The Morgan fingerprint density at radius 2 is 1.85 bits per heavy atom. The van der Waals surface area contributed by atoms with Gasteiger partial charge in [0.25, 0.3) is 0 Å². The molecule has 0 bridgehead atoms. The van der Waals surface area contributed by atoms with Crippen molar-refractivity contribution in [3.8, 4) is 0 Å². The topological polar surface area (TPSA) is 84.3 Å². The van der Waals surface area contributed by atoms with E-state index in [0.717, 1.165) is 26.1 Å². The molecule has 1 unspecified atom stereocenters. The molecule has 0 aromatic rings. The number of nitrogens with zero attached hydrogens (tertiary/aromatic N) is 3. The minimum atomic E-state index is -1.04. The van der Waals surface area contributed by atoms with Gasteiger partial charge in [0.1, 0.15) is 6.04 Å². The molecule has 114 valence electrons. The van der Waals surface area contributed by atoms with Crippen molar-refractivity contribution in [2.75, 3.05) is 39.3 Å². The molecule has 0 radical (unpaired) electrons. The molecule has 2 rings (SSSR count). The standard InChI is InChI=1S/C13H23N3O4/c1-2-3-14-4-6-15(7-5-14)13(20)16-9-10(17)8-11(16)12(18)19/h10-11,17H,2-9H2,1H3,(H,18,19)/t10?,11-/m0/s1. The van der Waals surface area contributed by atoms with Crippen molar-refractivity contribution in [2.45, 2.75) is 31.9 Å². The zero-order valence-electron chi connectivity index (χ0n) is 11.9. The van der Waals surface area contributed by atoms with Crippen molar-refractivity contribution in [1.29, 1.82) is 0 Å². The largest absolute Gasteiger partial charge is 0.480 e. The molecule has 0 saturated carbocycles. The Balaban J connectivity index is 1.93. The molecule has 7 nitrogen and oxygen atoms in total. The van der Waals surface area contributed by atoms with E-state index in [0.29, 0.717) is 13.1 Å². The molecule has 7 heteroatoms. The second-order valence-corrected chi connectivity index (χ2v) is 5.51. The molecule has 20 heavy (non-hydrogen) atoms. The van der Waals surface area contributed by atoms with Gasteiger partial charge in [-0.1, -0.05) is 6.92 Å². The first kappa shape index (κ1) is 15.1. The number of aliphatic hydroxyl groups is 1. The van der Waals surface area contributed by atoms with Crippen LogP contribution < -0.4 is 0 Å². The van der Waals surface area contributed by atoms with Crippen LogP contribution in [0.2, 0.25) is 0 Å². The molecule has 2 saturated heterocycles. The molecular weight excluding hydrogens is 262 g/mol. The third kappa shape index (κ3) is 3.21. The lowest BCUT2D eigenvalue weighted by molar-refractivity contribution is -0.141. The lowest BCUT2D eigenvalue weighted by atomic mass is 10.2. The van der Waals surface area contributed by atoms with Gasteiger partial charge in [-0.05, 0) is 13.0 Å². The fraction of sp³-hybridized carbons (Fsp3) is 0.846. The van der Waals surface area contributed by atoms with Crippen LogP contribution >= 0.6 is 0 Å². The summed E-state index contributed by atoms with van der Waals surface area (Å²) in [4.78, 5) is 28.8. The maximum Gasteiger partial charge on any atom is 0.326 e. The van der Waals surface area contributed by atoms with E-state index in [2.05, 4.69) is 11.8 Å². The average Bonchev–Trinajstić information content (AvgIpc) is 2.81. The minimum Gasteiger partial charge on any atom is -0.480 e. The zero-order valence-corrected chi connectivity index (χ0v) is 11.9. The number of β-amino-alcohol motifs (C(OH)–C–C–N with tert-alkyl or cyclic N) is 1. The second kappa shape index (κ2) is 6.41. The van der Waals surface area contributed by atoms with Crippen LogP contribution in [0, 0.1) is 0 Å². The Morgan fingerprint density at radius 3 is 2.40 bits per heavy atom. The van der Waals surface area contributed by atoms with Crippen molar-refractivity contribution in [2.24, 2.45) is 0 Å². The van der Waals surface area contributed by atoms with Gasteiger partial charge in [0.15, 0.2) is 0 Å². The summed E-state index contributed by atoms with van der Waals surface area (Å²) in [7, 11) is 0. The average molecular weight is 285 g/mol. The number of urea groups is 1. The molecule has 2 aliphatic rings. The number of carbonyl (C=O) groups is 2. The maximum atomic E-state index is 12.4. The first-order valence-corrected chi connectivity index (χ1v) is 7.21. The van der Waals surface area contributed by atoms with Gasteiger partial charge >= 0.3 is 12.0 Å². The summed E-state index contributed by atoms with van der Waals surface area (Å²) in [5.41, 5.74) is 0. The highest BCUT2D eigenvalue weighted by Gasteiger charge is 2.41. The monoisotopic (exact) mass is 285 g/mol. The summed E-state index contributed by atoms with van der Waals surface area (Å²) in [6.07, 6.45) is 0.478. The fourth-order valence-corrected chi connectivity index (χ4v) is 2.92. The third-order valence-electron chi connectivity index (χ3n) is 3.99. The number of amides is 2. The molecule has 2 amide bonds. The van der Waals surface area contributed by atoms with Gasteiger partial charge in [-0.2, -0.15) is 0 Å². The van der Waals surface area contributed by atoms with Crippen molar-refractivity contribution < 1.29 is 19.8 Å². The van der Waals surface area contributed by atoms with E-state index >= 15 is 0 Å². The highest BCUT2D eigenvalue weighted by atomic mass is 16.4. The lowest BCUT2D eigenvalue weighted by Crippen LogP contribution is -2.54. The van der Waals surface area contributed by atoms with Crippen LogP contribution in [0.4, 0.5) is 4.79 Å².